The zero-order valence-corrected chi connectivity index (χ0v) is 10.4. The van der Waals surface area contributed by atoms with Gasteiger partial charge in [-0.2, -0.15) is 0 Å². The summed E-state index contributed by atoms with van der Waals surface area (Å²) in [5.74, 6) is 2.36. The lowest BCUT2D eigenvalue weighted by molar-refractivity contribution is 0.161. The molecule has 2 atom stereocenters. The van der Waals surface area contributed by atoms with Gasteiger partial charge < -0.3 is 19.9 Å². The average Bonchev–Trinajstić information content (AvgIpc) is 2.75. The van der Waals surface area contributed by atoms with Crippen LogP contribution >= 0.6 is 0 Å². The molecule has 1 aliphatic carbocycles. The second-order valence-electron chi connectivity index (χ2n) is 4.97. The Hall–Kier alpha value is -1.42. The molecule has 0 radical (unpaired) electrons. The number of benzene rings is 1. The first kappa shape index (κ1) is 11.7. The summed E-state index contributed by atoms with van der Waals surface area (Å²) in [6, 6.07) is 5.84. The normalized spacial score (nSPS) is 26.7. The number of hydrogen-bond acceptors (Lipinski definition) is 4. The molecular formula is C14H19NO3. The standard InChI is InChI=1S/C14H19NO3/c15-11-4-2-1-3-5-12(11)18-10-6-7-13-14(8-10)17-9-16-13/h6-8,11-12H,1-5,9,15H2. The van der Waals surface area contributed by atoms with Gasteiger partial charge in [0, 0.05) is 12.1 Å². The predicted octanol–water partition coefficient (Wildman–Crippen LogP) is 2.45. The van der Waals surface area contributed by atoms with Crippen molar-refractivity contribution in [2.24, 2.45) is 5.73 Å². The lowest BCUT2D eigenvalue weighted by Crippen LogP contribution is -2.37. The van der Waals surface area contributed by atoms with Crippen LogP contribution < -0.4 is 19.9 Å². The van der Waals surface area contributed by atoms with E-state index < -0.39 is 0 Å². The van der Waals surface area contributed by atoms with E-state index in [1.165, 1.54) is 19.3 Å². The predicted molar refractivity (Wildman–Crippen MR) is 68.0 cm³/mol. The first-order chi connectivity index (χ1) is 8.83. The highest BCUT2D eigenvalue weighted by Crippen LogP contribution is 2.36. The zero-order valence-electron chi connectivity index (χ0n) is 10.4. The van der Waals surface area contributed by atoms with Crippen molar-refractivity contribution in [3.8, 4) is 17.2 Å². The van der Waals surface area contributed by atoms with Gasteiger partial charge in [-0.3, -0.25) is 0 Å². The zero-order chi connectivity index (χ0) is 12.4. The molecule has 1 fully saturated rings. The smallest absolute Gasteiger partial charge is 0.231 e. The molecule has 3 rings (SSSR count). The summed E-state index contributed by atoms with van der Waals surface area (Å²) in [5.41, 5.74) is 6.16. The molecule has 1 saturated carbocycles. The van der Waals surface area contributed by atoms with Crippen LogP contribution in [0.4, 0.5) is 0 Å². The average molecular weight is 249 g/mol. The number of nitrogens with two attached hydrogens (primary N) is 1. The van der Waals surface area contributed by atoms with Crippen molar-refractivity contribution in [2.75, 3.05) is 6.79 Å². The van der Waals surface area contributed by atoms with Gasteiger partial charge in [0.2, 0.25) is 6.79 Å². The molecule has 1 heterocycles. The molecule has 1 aromatic rings. The van der Waals surface area contributed by atoms with Crippen LogP contribution in [0.3, 0.4) is 0 Å². The summed E-state index contributed by atoms with van der Waals surface area (Å²) in [6.07, 6.45) is 5.87. The summed E-state index contributed by atoms with van der Waals surface area (Å²) in [4.78, 5) is 0. The molecule has 2 aliphatic rings. The molecular weight excluding hydrogens is 230 g/mol. The Balaban J connectivity index is 1.71. The van der Waals surface area contributed by atoms with E-state index in [-0.39, 0.29) is 12.1 Å². The fourth-order valence-electron chi connectivity index (χ4n) is 2.57. The van der Waals surface area contributed by atoms with E-state index >= 15 is 0 Å². The lowest BCUT2D eigenvalue weighted by Gasteiger charge is -2.23. The fraction of sp³-hybridized carbons (Fsp3) is 0.571. The number of rotatable bonds is 2. The Kier molecular flexibility index (Phi) is 3.28. The van der Waals surface area contributed by atoms with Crippen molar-refractivity contribution >= 4 is 0 Å². The quantitative estimate of drug-likeness (QED) is 0.818. The van der Waals surface area contributed by atoms with Crippen molar-refractivity contribution in [1.82, 2.24) is 0 Å². The van der Waals surface area contributed by atoms with E-state index in [1.807, 2.05) is 18.2 Å². The van der Waals surface area contributed by atoms with Crippen LogP contribution in [0.1, 0.15) is 32.1 Å². The van der Waals surface area contributed by atoms with Crippen LogP contribution in [-0.2, 0) is 0 Å². The van der Waals surface area contributed by atoms with Gasteiger partial charge in [0.05, 0.1) is 0 Å². The number of ether oxygens (including phenoxy) is 3. The van der Waals surface area contributed by atoms with E-state index in [9.17, 15) is 0 Å². The largest absolute Gasteiger partial charge is 0.489 e. The van der Waals surface area contributed by atoms with Gasteiger partial charge in [-0.15, -0.1) is 0 Å². The van der Waals surface area contributed by atoms with Crippen LogP contribution in [0, 0.1) is 0 Å². The second-order valence-corrected chi connectivity index (χ2v) is 4.97. The third kappa shape index (κ3) is 2.38. The van der Waals surface area contributed by atoms with E-state index in [2.05, 4.69) is 0 Å². The summed E-state index contributed by atoms with van der Waals surface area (Å²) in [5, 5.41) is 0. The maximum absolute atomic E-state index is 6.16. The summed E-state index contributed by atoms with van der Waals surface area (Å²) < 4.78 is 16.6. The second kappa shape index (κ2) is 5.06. The minimum Gasteiger partial charge on any atom is -0.489 e. The number of hydrogen-bond donors (Lipinski definition) is 1. The van der Waals surface area contributed by atoms with Crippen molar-refractivity contribution in [3.05, 3.63) is 18.2 Å². The maximum Gasteiger partial charge on any atom is 0.231 e. The Morgan fingerprint density at radius 1 is 1.06 bits per heavy atom. The fourth-order valence-corrected chi connectivity index (χ4v) is 2.57. The lowest BCUT2D eigenvalue weighted by atomic mass is 10.1. The van der Waals surface area contributed by atoms with Gasteiger partial charge in [0.1, 0.15) is 11.9 Å². The Bertz CT molecular complexity index is 422. The highest BCUT2D eigenvalue weighted by Gasteiger charge is 2.23. The molecule has 0 saturated heterocycles. The van der Waals surface area contributed by atoms with Crippen LogP contribution in [0.5, 0.6) is 17.2 Å². The molecule has 2 N–H and O–H groups in total. The Labute approximate surface area is 107 Å². The summed E-state index contributed by atoms with van der Waals surface area (Å²) >= 11 is 0. The third-order valence-electron chi connectivity index (χ3n) is 3.64. The van der Waals surface area contributed by atoms with E-state index in [0.29, 0.717) is 6.79 Å². The highest BCUT2D eigenvalue weighted by molar-refractivity contribution is 5.46. The minimum absolute atomic E-state index is 0.118. The van der Waals surface area contributed by atoms with E-state index in [4.69, 9.17) is 19.9 Å². The molecule has 0 spiro atoms. The van der Waals surface area contributed by atoms with E-state index in [0.717, 1.165) is 30.1 Å². The van der Waals surface area contributed by atoms with Gasteiger partial charge in [0.25, 0.3) is 0 Å². The van der Waals surface area contributed by atoms with Crippen LogP contribution in [-0.4, -0.2) is 18.9 Å². The molecule has 1 aliphatic heterocycles. The molecule has 0 bridgehead atoms. The van der Waals surface area contributed by atoms with Gasteiger partial charge in [-0.1, -0.05) is 12.8 Å². The molecule has 4 heteroatoms. The molecule has 4 nitrogen and oxygen atoms in total. The van der Waals surface area contributed by atoms with Crippen molar-refractivity contribution in [2.45, 2.75) is 44.2 Å². The minimum atomic E-state index is 0.118. The van der Waals surface area contributed by atoms with Crippen molar-refractivity contribution < 1.29 is 14.2 Å². The van der Waals surface area contributed by atoms with E-state index in [1.54, 1.807) is 0 Å². The molecule has 0 amide bonds. The first-order valence-corrected chi connectivity index (χ1v) is 6.65. The van der Waals surface area contributed by atoms with Gasteiger partial charge in [-0.25, -0.2) is 0 Å². The molecule has 18 heavy (non-hydrogen) atoms. The van der Waals surface area contributed by atoms with Crippen molar-refractivity contribution in [1.29, 1.82) is 0 Å². The maximum atomic E-state index is 6.16. The highest BCUT2D eigenvalue weighted by atomic mass is 16.7. The van der Waals surface area contributed by atoms with Crippen LogP contribution in [0.2, 0.25) is 0 Å². The molecule has 2 unspecified atom stereocenters. The Morgan fingerprint density at radius 2 is 1.89 bits per heavy atom. The van der Waals surface area contributed by atoms with Crippen molar-refractivity contribution in [3.63, 3.8) is 0 Å². The van der Waals surface area contributed by atoms with Crippen LogP contribution in [0.25, 0.3) is 0 Å². The molecule has 98 valence electrons. The Morgan fingerprint density at radius 3 is 2.83 bits per heavy atom. The topological polar surface area (TPSA) is 53.7 Å². The van der Waals surface area contributed by atoms with Crippen LogP contribution in [0.15, 0.2) is 18.2 Å². The number of fused-ring (bicyclic) bond motifs is 1. The molecule has 0 aromatic heterocycles. The van der Waals surface area contributed by atoms with Gasteiger partial charge in [0.15, 0.2) is 11.5 Å². The van der Waals surface area contributed by atoms with Gasteiger partial charge in [-0.05, 0) is 31.4 Å². The van der Waals surface area contributed by atoms with Gasteiger partial charge >= 0.3 is 0 Å². The third-order valence-corrected chi connectivity index (χ3v) is 3.64. The molecule has 1 aromatic carbocycles. The summed E-state index contributed by atoms with van der Waals surface area (Å²) in [7, 11) is 0. The monoisotopic (exact) mass is 249 g/mol. The summed E-state index contributed by atoms with van der Waals surface area (Å²) in [6.45, 7) is 0.293. The SMILES string of the molecule is NC1CCCCCC1Oc1ccc2c(c1)OCO2. The first-order valence-electron chi connectivity index (χ1n) is 6.65.